The fourth-order valence-electron chi connectivity index (χ4n) is 2.05. The molecule has 2 rings (SSSR count). The molecule has 2 aromatic rings. The molecule has 8 nitrogen and oxygen atoms in total. The van der Waals surface area contributed by atoms with E-state index in [9.17, 15) is 24.8 Å². The van der Waals surface area contributed by atoms with E-state index in [0.29, 0.717) is 5.56 Å². The molecule has 3 N–H and O–H groups in total. The molecule has 0 heterocycles. The highest BCUT2D eigenvalue weighted by Gasteiger charge is 2.19. The number of benzene rings is 2. The van der Waals surface area contributed by atoms with Gasteiger partial charge in [0.15, 0.2) is 0 Å². The Labute approximate surface area is 136 Å². The van der Waals surface area contributed by atoms with E-state index in [4.69, 9.17) is 10.5 Å². The zero-order valence-corrected chi connectivity index (χ0v) is 12.7. The number of primary amides is 1. The first-order chi connectivity index (χ1) is 11.3. The number of aryl methyl sites for hydroxylation is 1. The third kappa shape index (κ3) is 3.49. The van der Waals surface area contributed by atoms with E-state index >= 15 is 0 Å². The van der Waals surface area contributed by atoms with Crippen LogP contribution >= 0.6 is 0 Å². The molecule has 0 unspecified atom stereocenters. The molecule has 0 aromatic heterocycles. The van der Waals surface area contributed by atoms with Crippen molar-refractivity contribution in [3.63, 3.8) is 0 Å². The quantitative estimate of drug-likeness (QED) is 0.490. The number of nitrogens with two attached hydrogens (primary N) is 1. The number of carbonyl (C=O) groups is 2. The van der Waals surface area contributed by atoms with Gasteiger partial charge in [-0.2, -0.15) is 0 Å². The number of phenolic OH excluding ortho intramolecular Hbond substituents is 1. The van der Waals surface area contributed by atoms with Crippen molar-refractivity contribution >= 4 is 17.6 Å². The molecule has 0 aliphatic heterocycles. The Morgan fingerprint density at radius 1 is 1.29 bits per heavy atom. The van der Waals surface area contributed by atoms with Gasteiger partial charge in [-0.1, -0.05) is 12.1 Å². The molecule has 1 amide bonds. The molecule has 8 heteroatoms. The lowest BCUT2D eigenvalue weighted by Gasteiger charge is -2.08. The molecule has 0 saturated heterocycles. The lowest BCUT2D eigenvalue weighted by Crippen LogP contribution is -2.12. The summed E-state index contributed by atoms with van der Waals surface area (Å²) in [5.41, 5.74) is 5.25. The van der Waals surface area contributed by atoms with Crippen LogP contribution in [0.25, 0.3) is 0 Å². The minimum Gasteiger partial charge on any atom is -0.507 e. The van der Waals surface area contributed by atoms with Gasteiger partial charge in [0, 0.05) is 11.6 Å². The number of nitrogens with zero attached hydrogens (tertiary/aromatic N) is 1. The maximum absolute atomic E-state index is 12.0. The molecule has 0 atom stereocenters. The second kappa shape index (κ2) is 6.78. The average molecular weight is 330 g/mol. The van der Waals surface area contributed by atoms with Crippen LogP contribution in [0.2, 0.25) is 0 Å². The zero-order valence-electron chi connectivity index (χ0n) is 12.7. The molecular formula is C16H14N2O6. The van der Waals surface area contributed by atoms with Crippen LogP contribution in [-0.2, 0) is 11.3 Å². The van der Waals surface area contributed by atoms with Gasteiger partial charge in [0.1, 0.15) is 17.9 Å². The second-order valence-corrected chi connectivity index (χ2v) is 5.01. The Morgan fingerprint density at radius 3 is 2.62 bits per heavy atom. The maximum Gasteiger partial charge on any atom is 0.342 e. The van der Waals surface area contributed by atoms with Gasteiger partial charge in [-0.25, -0.2) is 4.79 Å². The molecule has 0 saturated carbocycles. The summed E-state index contributed by atoms with van der Waals surface area (Å²) in [7, 11) is 0. The van der Waals surface area contributed by atoms with E-state index in [1.807, 2.05) is 0 Å². The summed E-state index contributed by atoms with van der Waals surface area (Å²) in [5.74, 6) is -1.82. The summed E-state index contributed by atoms with van der Waals surface area (Å²) >= 11 is 0. The van der Waals surface area contributed by atoms with Crippen LogP contribution in [0, 0.1) is 17.0 Å². The Morgan fingerprint density at radius 2 is 2.00 bits per heavy atom. The predicted octanol–water partition coefficient (Wildman–Crippen LogP) is 2.06. The Bertz CT molecular complexity index is 831. The van der Waals surface area contributed by atoms with Crippen molar-refractivity contribution in [3.05, 3.63) is 68.8 Å². The number of nitro groups is 1. The van der Waals surface area contributed by atoms with E-state index in [0.717, 1.165) is 6.07 Å². The van der Waals surface area contributed by atoms with Crippen molar-refractivity contribution < 1.29 is 24.4 Å². The highest BCUT2D eigenvalue weighted by atomic mass is 16.6. The van der Waals surface area contributed by atoms with Crippen LogP contribution in [0.1, 0.15) is 31.8 Å². The van der Waals surface area contributed by atoms with Crippen LogP contribution in [-0.4, -0.2) is 21.9 Å². The van der Waals surface area contributed by atoms with Gasteiger partial charge in [0.25, 0.3) is 5.69 Å². The normalized spacial score (nSPS) is 10.2. The van der Waals surface area contributed by atoms with E-state index in [1.54, 1.807) is 19.1 Å². The molecule has 0 spiro atoms. The van der Waals surface area contributed by atoms with Crippen LogP contribution in [0.4, 0.5) is 5.69 Å². The first-order valence-electron chi connectivity index (χ1n) is 6.84. The third-order valence-electron chi connectivity index (χ3n) is 3.38. The summed E-state index contributed by atoms with van der Waals surface area (Å²) in [4.78, 5) is 33.5. The standard InChI is InChI=1S/C16H14N2O6/c1-9-3-2-4-12(14(9)19)16(21)24-8-11-6-5-10(15(17)20)7-13(11)18(22)23/h2-7,19H,8H2,1H3,(H2,17,20). The second-order valence-electron chi connectivity index (χ2n) is 5.01. The van der Waals surface area contributed by atoms with Crippen molar-refractivity contribution in [1.82, 2.24) is 0 Å². The highest BCUT2D eigenvalue weighted by molar-refractivity contribution is 5.94. The van der Waals surface area contributed by atoms with Crippen molar-refractivity contribution in [3.8, 4) is 5.75 Å². The first kappa shape index (κ1) is 16.9. The number of rotatable bonds is 5. The monoisotopic (exact) mass is 330 g/mol. The number of amides is 1. The number of para-hydroxylation sites is 1. The predicted molar refractivity (Wildman–Crippen MR) is 83.6 cm³/mol. The molecule has 0 aliphatic carbocycles. The topological polar surface area (TPSA) is 133 Å². The van der Waals surface area contributed by atoms with Gasteiger partial charge < -0.3 is 15.6 Å². The molecule has 0 radical (unpaired) electrons. The first-order valence-corrected chi connectivity index (χ1v) is 6.84. The molecule has 0 fully saturated rings. The minimum atomic E-state index is -0.815. The number of ether oxygens (including phenoxy) is 1. The Balaban J connectivity index is 2.22. The minimum absolute atomic E-state index is 0.0203. The molecular weight excluding hydrogens is 316 g/mol. The molecule has 0 aliphatic rings. The SMILES string of the molecule is Cc1cccc(C(=O)OCc2ccc(C(N)=O)cc2[N+](=O)[O-])c1O. The number of carbonyl (C=O) groups excluding carboxylic acids is 2. The summed E-state index contributed by atoms with van der Waals surface area (Å²) in [6, 6.07) is 8.21. The maximum atomic E-state index is 12.0. The van der Waals surface area contributed by atoms with Crippen LogP contribution in [0.15, 0.2) is 36.4 Å². The molecule has 124 valence electrons. The highest BCUT2D eigenvalue weighted by Crippen LogP contribution is 2.24. The largest absolute Gasteiger partial charge is 0.507 e. The van der Waals surface area contributed by atoms with Crippen LogP contribution in [0.3, 0.4) is 0 Å². The lowest BCUT2D eigenvalue weighted by molar-refractivity contribution is -0.385. The Hall–Kier alpha value is -3.42. The summed E-state index contributed by atoms with van der Waals surface area (Å²) in [5, 5.41) is 20.9. The number of esters is 1. The number of aromatic hydroxyl groups is 1. The fourth-order valence-corrected chi connectivity index (χ4v) is 2.05. The average Bonchev–Trinajstić information content (AvgIpc) is 2.54. The smallest absolute Gasteiger partial charge is 0.342 e. The van der Waals surface area contributed by atoms with Gasteiger partial charge in [-0.3, -0.25) is 14.9 Å². The number of hydrogen-bond donors (Lipinski definition) is 2. The van der Waals surface area contributed by atoms with Crippen molar-refractivity contribution in [2.75, 3.05) is 0 Å². The van der Waals surface area contributed by atoms with E-state index in [-0.39, 0.29) is 34.7 Å². The fraction of sp³-hybridized carbons (Fsp3) is 0.125. The van der Waals surface area contributed by atoms with E-state index in [1.165, 1.54) is 18.2 Å². The van der Waals surface area contributed by atoms with Crippen molar-refractivity contribution in [1.29, 1.82) is 0 Å². The zero-order chi connectivity index (χ0) is 17.9. The summed E-state index contributed by atoms with van der Waals surface area (Å²) in [6.07, 6.45) is 0. The van der Waals surface area contributed by atoms with E-state index < -0.39 is 16.8 Å². The van der Waals surface area contributed by atoms with Crippen molar-refractivity contribution in [2.24, 2.45) is 5.73 Å². The third-order valence-corrected chi connectivity index (χ3v) is 3.38. The molecule has 0 bridgehead atoms. The van der Waals surface area contributed by atoms with E-state index in [2.05, 4.69) is 0 Å². The van der Waals surface area contributed by atoms with Gasteiger partial charge in [-0.15, -0.1) is 0 Å². The molecule has 2 aromatic carbocycles. The lowest BCUT2D eigenvalue weighted by atomic mass is 10.1. The van der Waals surface area contributed by atoms with Crippen molar-refractivity contribution in [2.45, 2.75) is 13.5 Å². The summed E-state index contributed by atoms with van der Waals surface area (Å²) < 4.78 is 5.02. The Kier molecular flexibility index (Phi) is 4.78. The number of hydrogen-bond acceptors (Lipinski definition) is 6. The van der Waals surface area contributed by atoms with Gasteiger partial charge >= 0.3 is 5.97 Å². The van der Waals surface area contributed by atoms with Gasteiger partial charge in [0.05, 0.1) is 10.5 Å². The van der Waals surface area contributed by atoms with Gasteiger partial charge in [-0.05, 0) is 30.7 Å². The van der Waals surface area contributed by atoms with Crippen LogP contribution in [0.5, 0.6) is 5.75 Å². The van der Waals surface area contributed by atoms with Crippen LogP contribution < -0.4 is 5.73 Å². The van der Waals surface area contributed by atoms with Gasteiger partial charge in [0.2, 0.25) is 5.91 Å². The summed E-state index contributed by atoms with van der Waals surface area (Å²) in [6.45, 7) is 1.24. The number of nitro benzene ring substituents is 1. The molecule has 24 heavy (non-hydrogen) atoms. The number of phenols is 1.